The highest BCUT2D eigenvalue weighted by atomic mass is 35.5. The Morgan fingerprint density at radius 3 is 2.63 bits per heavy atom. The van der Waals surface area contributed by atoms with Crippen LogP contribution in [0.4, 0.5) is 30.5 Å². The first-order chi connectivity index (χ1) is 14.3. The minimum absolute atomic E-state index is 0.0308. The third-order valence-electron chi connectivity index (χ3n) is 4.45. The lowest BCUT2D eigenvalue weighted by Crippen LogP contribution is -2.16. The molecule has 1 N–H and O–H groups in total. The summed E-state index contributed by atoms with van der Waals surface area (Å²) in [5, 5.41) is 11.4. The molecule has 1 amide bonds. The highest BCUT2D eigenvalue weighted by molar-refractivity contribution is 7.99. The van der Waals surface area contributed by atoms with Gasteiger partial charge in [-0.05, 0) is 30.3 Å². The number of hydrogen-bond acceptors (Lipinski definition) is 5. The van der Waals surface area contributed by atoms with Gasteiger partial charge in [0.25, 0.3) is 0 Å². The minimum atomic E-state index is -4.52. The van der Waals surface area contributed by atoms with E-state index in [0.717, 1.165) is 42.2 Å². The molecule has 30 heavy (non-hydrogen) atoms. The fourth-order valence-electron chi connectivity index (χ4n) is 3.05. The van der Waals surface area contributed by atoms with Crippen LogP contribution in [0.2, 0.25) is 5.02 Å². The molecule has 0 bridgehead atoms. The third kappa shape index (κ3) is 4.24. The van der Waals surface area contributed by atoms with Crippen LogP contribution in [0.25, 0.3) is 0 Å². The molecule has 0 aliphatic carbocycles. The van der Waals surface area contributed by atoms with Gasteiger partial charge in [-0.1, -0.05) is 41.6 Å². The molecular formula is C19H15ClF3N5OS. The van der Waals surface area contributed by atoms with Gasteiger partial charge in [0, 0.05) is 18.8 Å². The summed E-state index contributed by atoms with van der Waals surface area (Å²) in [6, 6.07) is 12.5. The highest BCUT2D eigenvalue weighted by Crippen LogP contribution is 2.34. The smallest absolute Gasteiger partial charge is 0.324 e. The van der Waals surface area contributed by atoms with Crippen LogP contribution in [0, 0.1) is 0 Å². The van der Waals surface area contributed by atoms with Crippen LogP contribution in [-0.4, -0.2) is 33.0 Å². The molecule has 1 aliphatic heterocycles. The number of aromatic nitrogens is 3. The van der Waals surface area contributed by atoms with Crippen LogP contribution in [0.3, 0.4) is 0 Å². The molecule has 0 radical (unpaired) electrons. The number of thioether (sulfide) groups is 1. The summed E-state index contributed by atoms with van der Waals surface area (Å²) >= 11 is 7.08. The van der Waals surface area contributed by atoms with Gasteiger partial charge in [0.15, 0.2) is 5.16 Å². The molecule has 0 atom stereocenters. The lowest BCUT2D eigenvalue weighted by molar-refractivity contribution is -0.137. The van der Waals surface area contributed by atoms with Crippen molar-refractivity contribution in [2.24, 2.45) is 0 Å². The fraction of sp³-hybridized carbons (Fsp3) is 0.211. The number of benzene rings is 2. The van der Waals surface area contributed by atoms with Crippen LogP contribution < -0.4 is 10.2 Å². The maximum Gasteiger partial charge on any atom is 0.416 e. The molecule has 0 saturated carbocycles. The van der Waals surface area contributed by atoms with Crippen molar-refractivity contribution in [3.63, 3.8) is 0 Å². The minimum Gasteiger partial charge on any atom is -0.324 e. The molecule has 0 unspecified atom stereocenters. The first-order valence-electron chi connectivity index (χ1n) is 8.88. The molecule has 2 heterocycles. The molecule has 0 spiro atoms. The van der Waals surface area contributed by atoms with E-state index < -0.39 is 17.6 Å². The normalized spacial score (nSPS) is 13.4. The molecule has 3 aromatic rings. The lowest BCUT2D eigenvalue weighted by atomic mass is 10.2. The van der Waals surface area contributed by atoms with Crippen LogP contribution in [0.1, 0.15) is 5.56 Å². The highest BCUT2D eigenvalue weighted by Gasteiger charge is 2.31. The maximum absolute atomic E-state index is 12.9. The summed E-state index contributed by atoms with van der Waals surface area (Å²) in [7, 11) is 0. The standard InChI is InChI=1S/C19H15ClF3N5OS/c20-14-7-6-12(19(21,22)23)10-15(14)24-16(29)11-30-18-26-25-17-27(8-9-28(17)18)13-4-2-1-3-5-13/h1-7,10H,8-9,11H2,(H,24,29). The zero-order valence-corrected chi connectivity index (χ0v) is 16.9. The number of nitrogens with one attached hydrogen (secondary N) is 1. The predicted octanol–water partition coefficient (Wildman–Crippen LogP) is 4.83. The van der Waals surface area contributed by atoms with Crippen LogP contribution >= 0.6 is 23.4 Å². The van der Waals surface area contributed by atoms with Gasteiger partial charge in [-0.25, -0.2) is 0 Å². The van der Waals surface area contributed by atoms with Crippen LogP contribution in [0.15, 0.2) is 53.7 Å². The number of para-hydroxylation sites is 1. The largest absolute Gasteiger partial charge is 0.416 e. The van der Waals surface area contributed by atoms with Crippen molar-refractivity contribution in [3.05, 3.63) is 59.1 Å². The van der Waals surface area contributed by atoms with E-state index in [1.165, 1.54) is 0 Å². The number of rotatable bonds is 5. The van der Waals surface area contributed by atoms with Crippen LogP contribution in [0.5, 0.6) is 0 Å². The summed E-state index contributed by atoms with van der Waals surface area (Å²) in [4.78, 5) is 14.3. The average molecular weight is 454 g/mol. The molecule has 6 nitrogen and oxygen atoms in total. The monoisotopic (exact) mass is 453 g/mol. The second kappa shape index (κ2) is 8.19. The number of carbonyl (C=O) groups is 1. The van der Waals surface area contributed by atoms with Crippen molar-refractivity contribution in [2.75, 3.05) is 22.5 Å². The van der Waals surface area contributed by atoms with Gasteiger partial charge >= 0.3 is 6.18 Å². The van der Waals surface area contributed by atoms with Gasteiger partial charge in [0.2, 0.25) is 11.9 Å². The Labute approximate surface area is 179 Å². The molecule has 1 aromatic heterocycles. The van der Waals surface area contributed by atoms with Crippen molar-refractivity contribution in [2.45, 2.75) is 17.9 Å². The van der Waals surface area contributed by atoms with Gasteiger partial charge in [0.05, 0.1) is 22.0 Å². The first-order valence-corrected chi connectivity index (χ1v) is 10.2. The Morgan fingerprint density at radius 2 is 1.90 bits per heavy atom. The molecule has 11 heteroatoms. The molecular weight excluding hydrogens is 439 g/mol. The fourth-order valence-corrected chi connectivity index (χ4v) is 3.97. The van der Waals surface area contributed by atoms with E-state index in [9.17, 15) is 18.0 Å². The summed E-state index contributed by atoms with van der Waals surface area (Å²) in [6.07, 6.45) is -4.52. The summed E-state index contributed by atoms with van der Waals surface area (Å²) in [6.45, 7) is 1.40. The van der Waals surface area contributed by atoms with Gasteiger partial charge < -0.3 is 10.2 Å². The quantitative estimate of drug-likeness (QED) is 0.560. The Kier molecular flexibility index (Phi) is 5.61. The Hall–Kier alpha value is -2.72. The average Bonchev–Trinajstić information content (AvgIpc) is 3.30. The molecule has 4 rings (SSSR count). The maximum atomic E-state index is 12.9. The number of alkyl halides is 3. The van der Waals surface area contributed by atoms with E-state index in [4.69, 9.17) is 11.6 Å². The summed E-state index contributed by atoms with van der Waals surface area (Å²) in [5.74, 6) is 0.150. The Balaban J connectivity index is 1.42. The number of carbonyl (C=O) groups excluding carboxylic acids is 1. The summed E-state index contributed by atoms with van der Waals surface area (Å²) < 4.78 is 40.5. The van der Waals surface area contributed by atoms with E-state index in [-0.39, 0.29) is 16.5 Å². The number of amides is 1. The van der Waals surface area contributed by atoms with Gasteiger partial charge in [0.1, 0.15) is 0 Å². The second-order valence-electron chi connectivity index (χ2n) is 6.45. The van der Waals surface area contributed by atoms with E-state index in [2.05, 4.69) is 15.5 Å². The number of hydrogen-bond donors (Lipinski definition) is 1. The molecule has 0 saturated heterocycles. The number of anilines is 3. The van der Waals surface area contributed by atoms with Crippen molar-refractivity contribution in [1.29, 1.82) is 0 Å². The molecule has 0 fully saturated rings. The second-order valence-corrected chi connectivity index (χ2v) is 7.80. The van der Waals surface area contributed by atoms with Crippen molar-refractivity contribution < 1.29 is 18.0 Å². The molecule has 156 valence electrons. The van der Waals surface area contributed by atoms with E-state index in [1.807, 2.05) is 39.8 Å². The predicted molar refractivity (Wildman–Crippen MR) is 109 cm³/mol. The zero-order chi connectivity index (χ0) is 21.3. The van der Waals surface area contributed by atoms with Crippen molar-refractivity contribution in [1.82, 2.24) is 14.8 Å². The zero-order valence-electron chi connectivity index (χ0n) is 15.4. The first kappa shape index (κ1) is 20.5. The van der Waals surface area contributed by atoms with E-state index in [0.29, 0.717) is 17.6 Å². The molecule has 2 aromatic carbocycles. The third-order valence-corrected chi connectivity index (χ3v) is 5.75. The van der Waals surface area contributed by atoms with Gasteiger partial charge in [-0.2, -0.15) is 13.2 Å². The Morgan fingerprint density at radius 1 is 1.13 bits per heavy atom. The number of halogens is 4. The number of fused-ring (bicyclic) bond motifs is 1. The van der Waals surface area contributed by atoms with E-state index >= 15 is 0 Å². The summed E-state index contributed by atoms with van der Waals surface area (Å²) in [5.41, 5.74) is 0.0297. The SMILES string of the molecule is O=C(CSc1nnc2n1CCN2c1ccccc1)Nc1cc(C(F)(F)F)ccc1Cl. The molecule has 1 aliphatic rings. The van der Waals surface area contributed by atoms with Crippen molar-refractivity contribution >= 4 is 46.6 Å². The topological polar surface area (TPSA) is 63.1 Å². The lowest BCUT2D eigenvalue weighted by Gasteiger charge is -2.14. The van der Waals surface area contributed by atoms with E-state index in [1.54, 1.807) is 0 Å². The van der Waals surface area contributed by atoms with Crippen molar-refractivity contribution in [3.8, 4) is 0 Å². The number of nitrogens with zero attached hydrogens (tertiary/aromatic N) is 4. The Bertz CT molecular complexity index is 1070. The van der Waals surface area contributed by atoms with Gasteiger partial charge in [-0.3, -0.25) is 9.36 Å². The van der Waals surface area contributed by atoms with Crippen LogP contribution in [-0.2, 0) is 17.5 Å². The van der Waals surface area contributed by atoms with Gasteiger partial charge in [-0.15, -0.1) is 10.2 Å².